The highest BCUT2D eigenvalue weighted by Gasteiger charge is 2.30. The van der Waals surface area contributed by atoms with Crippen molar-refractivity contribution in [3.05, 3.63) is 101 Å². The third kappa shape index (κ3) is 9.37. The Hall–Kier alpha value is -3.98. The highest BCUT2D eigenvalue weighted by molar-refractivity contribution is 6.09. The Morgan fingerprint density at radius 2 is 2.03 bits per heavy atom. The van der Waals surface area contributed by atoms with Crippen molar-refractivity contribution >= 4 is 18.1 Å². The predicted octanol–water partition coefficient (Wildman–Crippen LogP) is 6.31. The van der Waals surface area contributed by atoms with Gasteiger partial charge in [0.05, 0.1) is 12.2 Å². The summed E-state index contributed by atoms with van der Waals surface area (Å²) in [5.41, 5.74) is 2.22. The number of pyridine rings is 1. The number of carbonyl (C=O) groups excluding carboxylic acids is 1. The maximum atomic E-state index is 12.9. The van der Waals surface area contributed by atoms with E-state index < -0.39 is 11.7 Å². The molecule has 1 aromatic carbocycles. The number of nitrogens with zero attached hydrogens (tertiary/aromatic N) is 1. The number of alkyl halides is 3. The van der Waals surface area contributed by atoms with Crippen LogP contribution < -0.4 is 10.1 Å². The van der Waals surface area contributed by atoms with Gasteiger partial charge in [0.2, 0.25) is 0 Å². The molecule has 39 heavy (non-hydrogen) atoms. The van der Waals surface area contributed by atoms with E-state index in [1.54, 1.807) is 55.9 Å². The van der Waals surface area contributed by atoms with Gasteiger partial charge in [-0.1, -0.05) is 36.4 Å². The molecule has 1 aliphatic heterocycles. The lowest BCUT2D eigenvalue weighted by molar-refractivity contribution is -0.137. The van der Waals surface area contributed by atoms with Crippen molar-refractivity contribution in [2.24, 2.45) is 5.92 Å². The van der Waals surface area contributed by atoms with Crippen molar-refractivity contribution in [1.29, 1.82) is 5.41 Å². The first-order valence-electron chi connectivity index (χ1n) is 12.6. The van der Waals surface area contributed by atoms with Gasteiger partial charge in [-0.05, 0) is 55.4 Å². The highest BCUT2D eigenvalue weighted by Crippen LogP contribution is 2.30. The summed E-state index contributed by atoms with van der Waals surface area (Å²) in [7, 11) is 0. The summed E-state index contributed by atoms with van der Waals surface area (Å²) < 4.78 is 50.2. The van der Waals surface area contributed by atoms with Gasteiger partial charge in [-0.3, -0.25) is 9.78 Å². The smallest absolute Gasteiger partial charge is 0.416 e. The van der Waals surface area contributed by atoms with Crippen LogP contribution in [0.1, 0.15) is 36.5 Å². The van der Waals surface area contributed by atoms with Crippen molar-refractivity contribution < 1.29 is 27.4 Å². The van der Waals surface area contributed by atoms with E-state index in [-0.39, 0.29) is 0 Å². The molecule has 0 saturated carbocycles. The molecule has 1 aromatic heterocycles. The van der Waals surface area contributed by atoms with Crippen molar-refractivity contribution in [3.63, 3.8) is 0 Å². The van der Waals surface area contributed by atoms with E-state index in [1.165, 1.54) is 18.4 Å². The fourth-order valence-corrected chi connectivity index (χ4v) is 3.94. The largest absolute Gasteiger partial charge is 0.493 e. The molecule has 3 rings (SSSR count). The minimum absolute atomic E-state index is 0.323. The lowest BCUT2D eigenvalue weighted by Gasteiger charge is -2.22. The van der Waals surface area contributed by atoms with Crippen molar-refractivity contribution in [2.45, 2.75) is 32.4 Å². The zero-order valence-corrected chi connectivity index (χ0v) is 21.7. The summed E-state index contributed by atoms with van der Waals surface area (Å²) in [5.74, 6) is 1.01. The van der Waals surface area contributed by atoms with Crippen LogP contribution in [0, 0.1) is 11.3 Å². The molecule has 0 atom stereocenters. The number of allylic oxidation sites excluding steroid dienone is 6. The van der Waals surface area contributed by atoms with Crippen LogP contribution in [0.15, 0.2) is 84.5 Å². The van der Waals surface area contributed by atoms with E-state index in [0.717, 1.165) is 38.2 Å². The number of hydrogen-bond donors (Lipinski definition) is 2. The van der Waals surface area contributed by atoms with E-state index in [2.05, 4.69) is 10.3 Å². The Bertz CT molecular complexity index is 1240. The standard InChI is InChI=1S/C30H32F3N3O3/c1-22(5-2-3-6-23-7-4-8-26(17-23)30(31,32)33)28(10-14-37)36-19-25(18-34)27-20-35-13-9-29(27)39-21-24-11-15-38-16-12-24/h2-5,7-10,13-14,17-20,24,34,36H,6,11-12,15-16,21H2,1H3/b3-2+,22-5-,25-19+,28-10+,34-18?. The lowest BCUT2D eigenvalue weighted by atomic mass is 10.0. The van der Waals surface area contributed by atoms with Gasteiger partial charge in [0.15, 0.2) is 0 Å². The number of ether oxygens (including phenoxy) is 2. The predicted molar refractivity (Wildman–Crippen MR) is 145 cm³/mol. The van der Waals surface area contributed by atoms with Crippen LogP contribution in [-0.2, 0) is 22.1 Å². The van der Waals surface area contributed by atoms with Crippen LogP contribution in [-0.4, -0.2) is 37.3 Å². The minimum Gasteiger partial charge on any atom is -0.493 e. The van der Waals surface area contributed by atoms with Crippen LogP contribution in [0.3, 0.4) is 0 Å². The molecule has 9 heteroatoms. The quantitative estimate of drug-likeness (QED) is 0.143. The number of aromatic nitrogens is 1. The van der Waals surface area contributed by atoms with Crippen molar-refractivity contribution in [1.82, 2.24) is 10.3 Å². The third-order valence-electron chi connectivity index (χ3n) is 6.20. The number of rotatable bonds is 12. The number of aldehydes is 1. The van der Waals surface area contributed by atoms with Gasteiger partial charge in [-0.2, -0.15) is 13.2 Å². The van der Waals surface area contributed by atoms with Gasteiger partial charge in [-0.15, -0.1) is 0 Å². The molecule has 0 unspecified atom stereocenters. The van der Waals surface area contributed by atoms with Crippen LogP contribution in [0.4, 0.5) is 13.2 Å². The summed E-state index contributed by atoms with van der Waals surface area (Å²) in [6, 6.07) is 6.96. The summed E-state index contributed by atoms with van der Waals surface area (Å²) >= 11 is 0. The molecule has 0 aliphatic carbocycles. The highest BCUT2D eigenvalue weighted by atomic mass is 19.4. The summed E-state index contributed by atoms with van der Waals surface area (Å²) in [6.07, 6.45) is 11.1. The first-order chi connectivity index (χ1) is 18.8. The molecule has 6 nitrogen and oxygen atoms in total. The molecule has 1 saturated heterocycles. The number of nitrogens with one attached hydrogen (secondary N) is 2. The molecule has 0 amide bonds. The Kier molecular flexibility index (Phi) is 11.2. The Morgan fingerprint density at radius 1 is 1.23 bits per heavy atom. The monoisotopic (exact) mass is 539 g/mol. The van der Waals surface area contributed by atoms with E-state index in [1.807, 2.05) is 0 Å². The average molecular weight is 540 g/mol. The number of carbonyl (C=O) groups is 1. The molecule has 2 aromatic rings. The SMILES string of the molecule is CC(=C/C=C/Cc1cccc(C(F)(F)F)c1)/C(=C\C=O)N/C=C(\C=N)c1cnccc1OCC1CCOCC1. The molecule has 0 spiro atoms. The second-order valence-electron chi connectivity index (χ2n) is 9.02. The molecule has 206 valence electrons. The van der Waals surface area contributed by atoms with E-state index in [0.29, 0.717) is 59.0 Å². The molecule has 1 aliphatic rings. The Labute approximate surface area is 226 Å². The zero-order chi connectivity index (χ0) is 28.1. The first-order valence-corrected chi connectivity index (χ1v) is 12.6. The second kappa shape index (κ2) is 14.8. The fourth-order valence-electron chi connectivity index (χ4n) is 3.94. The average Bonchev–Trinajstić information content (AvgIpc) is 2.94. The summed E-state index contributed by atoms with van der Waals surface area (Å²) in [5, 5.41) is 11.0. The van der Waals surface area contributed by atoms with Crippen LogP contribution in [0.25, 0.3) is 5.57 Å². The molecule has 2 heterocycles. The number of hydrogen-bond acceptors (Lipinski definition) is 6. The molecule has 2 N–H and O–H groups in total. The molecular formula is C30H32F3N3O3. The summed E-state index contributed by atoms with van der Waals surface area (Å²) in [6.45, 7) is 3.79. The van der Waals surface area contributed by atoms with Gasteiger partial charge < -0.3 is 20.2 Å². The van der Waals surface area contributed by atoms with Crippen LogP contribution in [0.2, 0.25) is 0 Å². The minimum atomic E-state index is -4.38. The molecule has 0 radical (unpaired) electrons. The van der Waals surface area contributed by atoms with Crippen molar-refractivity contribution in [3.8, 4) is 5.75 Å². The number of halogens is 3. The molecular weight excluding hydrogens is 507 g/mol. The topological polar surface area (TPSA) is 84.3 Å². The van der Waals surface area contributed by atoms with Crippen LogP contribution in [0.5, 0.6) is 5.75 Å². The van der Waals surface area contributed by atoms with Gasteiger partial charge in [0.25, 0.3) is 0 Å². The van der Waals surface area contributed by atoms with E-state index in [4.69, 9.17) is 14.9 Å². The van der Waals surface area contributed by atoms with Gasteiger partial charge in [0.1, 0.15) is 12.0 Å². The fraction of sp³-hybridized carbons (Fsp3) is 0.300. The Morgan fingerprint density at radius 3 is 2.74 bits per heavy atom. The normalized spacial score (nSPS) is 15.8. The third-order valence-corrected chi connectivity index (χ3v) is 6.20. The molecule has 0 bridgehead atoms. The van der Waals surface area contributed by atoms with E-state index in [9.17, 15) is 18.0 Å². The maximum absolute atomic E-state index is 12.9. The maximum Gasteiger partial charge on any atom is 0.416 e. The van der Waals surface area contributed by atoms with Gasteiger partial charge >= 0.3 is 6.18 Å². The Balaban J connectivity index is 1.68. The molecule has 1 fully saturated rings. The van der Waals surface area contributed by atoms with Crippen LogP contribution >= 0.6 is 0 Å². The van der Waals surface area contributed by atoms with E-state index >= 15 is 0 Å². The number of benzene rings is 1. The first kappa shape index (κ1) is 29.6. The summed E-state index contributed by atoms with van der Waals surface area (Å²) in [4.78, 5) is 15.4. The lowest BCUT2D eigenvalue weighted by Crippen LogP contribution is -2.21. The second-order valence-corrected chi connectivity index (χ2v) is 9.02. The van der Waals surface area contributed by atoms with Gasteiger partial charge in [0, 0.05) is 60.9 Å². The zero-order valence-electron chi connectivity index (χ0n) is 21.7. The van der Waals surface area contributed by atoms with Gasteiger partial charge in [-0.25, -0.2) is 0 Å². The van der Waals surface area contributed by atoms with Crippen molar-refractivity contribution in [2.75, 3.05) is 19.8 Å².